The average molecular weight is 255 g/mol. The smallest absolute Gasteiger partial charge is 0.167 e. The number of ether oxygens (including phenoxy) is 1. The van der Waals surface area contributed by atoms with Crippen molar-refractivity contribution in [3.8, 4) is 0 Å². The average Bonchev–Trinajstić information content (AvgIpc) is 2.48. The van der Waals surface area contributed by atoms with E-state index in [1.807, 2.05) is 24.3 Å². The van der Waals surface area contributed by atoms with Crippen LogP contribution in [0.5, 0.6) is 0 Å². The van der Waals surface area contributed by atoms with E-state index in [9.17, 15) is 4.79 Å². The molecule has 1 fully saturated rings. The lowest BCUT2D eigenvalue weighted by atomic mass is 9.98. The van der Waals surface area contributed by atoms with Crippen molar-refractivity contribution in [2.24, 2.45) is 0 Å². The van der Waals surface area contributed by atoms with Crippen molar-refractivity contribution >= 4 is 16.6 Å². The summed E-state index contributed by atoms with van der Waals surface area (Å²) < 4.78 is 5.51. The van der Waals surface area contributed by atoms with Crippen molar-refractivity contribution in [2.45, 2.75) is 12.5 Å². The van der Waals surface area contributed by atoms with E-state index in [1.165, 1.54) is 5.39 Å². The summed E-state index contributed by atoms with van der Waals surface area (Å²) in [6.45, 7) is 2.08. The van der Waals surface area contributed by atoms with Crippen LogP contribution < -0.4 is 5.32 Å². The topological polar surface area (TPSA) is 38.3 Å². The van der Waals surface area contributed by atoms with Crippen LogP contribution in [0.15, 0.2) is 42.5 Å². The Balaban J connectivity index is 1.82. The number of morpholine rings is 1. The molecule has 0 aromatic heterocycles. The van der Waals surface area contributed by atoms with Crippen LogP contribution in [-0.2, 0) is 16.0 Å². The molecule has 1 N–H and O–H groups in total. The second-order valence-corrected chi connectivity index (χ2v) is 4.84. The minimum atomic E-state index is -0.298. The van der Waals surface area contributed by atoms with E-state index in [1.54, 1.807) is 0 Å². The lowest BCUT2D eigenvalue weighted by Gasteiger charge is -2.22. The standard InChI is InChI=1S/C16H17NO2/c18-15(16-11-17-8-9-19-16)10-13-6-3-5-12-4-1-2-7-14(12)13/h1-7,16-17H,8-11H2. The summed E-state index contributed by atoms with van der Waals surface area (Å²) in [6, 6.07) is 14.3. The Morgan fingerprint density at radius 2 is 2.05 bits per heavy atom. The van der Waals surface area contributed by atoms with Gasteiger partial charge in [-0.25, -0.2) is 0 Å². The maximum Gasteiger partial charge on any atom is 0.167 e. The molecule has 19 heavy (non-hydrogen) atoms. The largest absolute Gasteiger partial charge is 0.368 e. The van der Waals surface area contributed by atoms with Gasteiger partial charge in [0.25, 0.3) is 0 Å². The van der Waals surface area contributed by atoms with Crippen LogP contribution in [0.25, 0.3) is 10.8 Å². The molecule has 0 radical (unpaired) electrons. The molecule has 3 rings (SSSR count). The zero-order chi connectivity index (χ0) is 13.1. The molecule has 2 aromatic carbocycles. The number of hydrogen-bond acceptors (Lipinski definition) is 3. The third-order valence-corrected chi connectivity index (χ3v) is 3.53. The normalized spacial score (nSPS) is 19.5. The van der Waals surface area contributed by atoms with Crippen LogP contribution >= 0.6 is 0 Å². The first kappa shape index (κ1) is 12.3. The molecule has 3 nitrogen and oxygen atoms in total. The molecule has 0 aliphatic carbocycles. The minimum absolute atomic E-state index is 0.156. The number of Topliss-reactive ketones (excluding diaryl/α,β-unsaturated/α-hetero) is 1. The Hall–Kier alpha value is -1.71. The quantitative estimate of drug-likeness (QED) is 0.911. The molecule has 1 aliphatic rings. The maximum atomic E-state index is 12.2. The molecule has 1 unspecified atom stereocenters. The number of carbonyl (C=O) groups is 1. The van der Waals surface area contributed by atoms with Gasteiger partial charge >= 0.3 is 0 Å². The van der Waals surface area contributed by atoms with Crippen molar-refractivity contribution in [1.82, 2.24) is 5.32 Å². The summed E-state index contributed by atoms with van der Waals surface area (Å²) in [5, 5.41) is 5.52. The fourth-order valence-electron chi connectivity index (χ4n) is 2.52. The highest BCUT2D eigenvalue weighted by molar-refractivity contribution is 5.92. The van der Waals surface area contributed by atoms with Gasteiger partial charge in [0.15, 0.2) is 5.78 Å². The van der Waals surface area contributed by atoms with Crippen LogP contribution in [-0.4, -0.2) is 31.6 Å². The maximum absolute atomic E-state index is 12.2. The number of carbonyl (C=O) groups excluding carboxylic acids is 1. The molecule has 98 valence electrons. The van der Waals surface area contributed by atoms with Crippen molar-refractivity contribution in [2.75, 3.05) is 19.7 Å². The fourth-order valence-corrected chi connectivity index (χ4v) is 2.52. The minimum Gasteiger partial charge on any atom is -0.368 e. The molecule has 0 amide bonds. The van der Waals surface area contributed by atoms with E-state index in [0.717, 1.165) is 17.5 Å². The second kappa shape index (κ2) is 5.51. The molecule has 3 heteroatoms. The zero-order valence-corrected chi connectivity index (χ0v) is 10.8. The third kappa shape index (κ3) is 2.67. The van der Waals surface area contributed by atoms with Gasteiger partial charge in [0, 0.05) is 19.5 Å². The number of hydrogen-bond donors (Lipinski definition) is 1. The lowest BCUT2D eigenvalue weighted by molar-refractivity contribution is -0.131. The molecule has 0 bridgehead atoms. The van der Waals surface area contributed by atoms with Gasteiger partial charge in [-0.1, -0.05) is 42.5 Å². The summed E-state index contributed by atoms with van der Waals surface area (Å²) >= 11 is 0. The number of rotatable bonds is 3. The van der Waals surface area contributed by atoms with E-state index in [0.29, 0.717) is 19.6 Å². The first-order valence-electron chi connectivity index (χ1n) is 6.66. The Morgan fingerprint density at radius 1 is 1.21 bits per heavy atom. The molecule has 1 aliphatic heterocycles. The van der Waals surface area contributed by atoms with Gasteiger partial charge in [0.05, 0.1) is 6.61 Å². The Labute approximate surface area is 112 Å². The SMILES string of the molecule is O=C(Cc1cccc2ccccc12)C1CNCCO1. The zero-order valence-electron chi connectivity index (χ0n) is 10.8. The van der Waals surface area contributed by atoms with Crippen molar-refractivity contribution < 1.29 is 9.53 Å². The van der Waals surface area contributed by atoms with Gasteiger partial charge in [-0.2, -0.15) is 0 Å². The summed E-state index contributed by atoms with van der Waals surface area (Å²) in [7, 11) is 0. The molecular formula is C16H17NO2. The molecular weight excluding hydrogens is 238 g/mol. The van der Waals surface area contributed by atoms with Crippen LogP contribution in [0.3, 0.4) is 0 Å². The first-order chi connectivity index (χ1) is 9.34. The highest BCUT2D eigenvalue weighted by Gasteiger charge is 2.22. The van der Waals surface area contributed by atoms with E-state index >= 15 is 0 Å². The van der Waals surface area contributed by atoms with E-state index in [2.05, 4.69) is 23.5 Å². The van der Waals surface area contributed by atoms with Gasteiger partial charge in [0.2, 0.25) is 0 Å². The lowest BCUT2D eigenvalue weighted by Crippen LogP contribution is -2.43. The number of benzene rings is 2. The molecule has 1 heterocycles. The monoisotopic (exact) mass is 255 g/mol. The van der Waals surface area contributed by atoms with Crippen molar-refractivity contribution in [3.05, 3.63) is 48.0 Å². The highest BCUT2D eigenvalue weighted by atomic mass is 16.5. The molecule has 1 saturated heterocycles. The Bertz CT molecular complexity index is 583. The molecule has 1 atom stereocenters. The predicted molar refractivity (Wildman–Crippen MR) is 75.3 cm³/mol. The summed E-state index contributed by atoms with van der Waals surface area (Å²) in [6.07, 6.45) is 0.140. The summed E-state index contributed by atoms with van der Waals surface area (Å²) in [4.78, 5) is 12.2. The van der Waals surface area contributed by atoms with Crippen LogP contribution in [0, 0.1) is 0 Å². The Morgan fingerprint density at radius 3 is 2.89 bits per heavy atom. The van der Waals surface area contributed by atoms with Crippen molar-refractivity contribution in [3.63, 3.8) is 0 Å². The van der Waals surface area contributed by atoms with Gasteiger partial charge < -0.3 is 10.1 Å². The van der Waals surface area contributed by atoms with Crippen LogP contribution in [0.1, 0.15) is 5.56 Å². The number of fused-ring (bicyclic) bond motifs is 1. The molecule has 0 saturated carbocycles. The first-order valence-corrected chi connectivity index (χ1v) is 6.66. The van der Waals surface area contributed by atoms with E-state index in [-0.39, 0.29) is 11.9 Å². The van der Waals surface area contributed by atoms with E-state index < -0.39 is 0 Å². The fraction of sp³-hybridized carbons (Fsp3) is 0.312. The van der Waals surface area contributed by atoms with Gasteiger partial charge in [-0.15, -0.1) is 0 Å². The third-order valence-electron chi connectivity index (χ3n) is 3.53. The summed E-state index contributed by atoms with van der Waals surface area (Å²) in [5.41, 5.74) is 1.08. The van der Waals surface area contributed by atoms with Crippen LogP contribution in [0.4, 0.5) is 0 Å². The van der Waals surface area contributed by atoms with Crippen LogP contribution in [0.2, 0.25) is 0 Å². The highest BCUT2D eigenvalue weighted by Crippen LogP contribution is 2.19. The summed E-state index contributed by atoms with van der Waals surface area (Å²) in [5.74, 6) is 0.156. The van der Waals surface area contributed by atoms with Gasteiger partial charge in [0.1, 0.15) is 6.10 Å². The Kier molecular flexibility index (Phi) is 3.58. The van der Waals surface area contributed by atoms with Crippen molar-refractivity contribution in [1.29, 1.82) is 0 Å². The van der Waals surface area contributed by atoms with E-state index in [4.69, 9.17) is 4.74 Å². The molecule has 2 aromatic rings. The second-order valence-electron chi connectivity index (χ2n) is 4.84. The van der Waals surface area contributed by atoms with Gasteiger partial charge in [-0.05, 0) is 16.3 Å². The molecule has 0 spiro atoms. The predicted octanol–water partition coefficient (Wildman–Crippen LogP) is 1.94. The number of nitrogens with one attached hydrogen (secondary N) is 1. The van der Waals surface area contributed by atoms with Gasteiger partial charge in [-0.3, -0.25) is 4.79 Å². The number of ketones is 1.